The Morgan fingerprint density at radius 3 is 2.16 bits per heavy atom. The molecule has 1 aromatic carbocycles. The lowest BCUT2D eigenvalue weighted by molar-refractivity contribution is -0.144. The predicted octanol–water partition coefficient (Wildman–Crippen LogP) is 2.82. The number of halogens is 5. The number of Topliss-reactive ketones (excluding diaryl/α,β-unsaturated/α-hetero) is 1. The average Bonchev–Trinajstić information content (AvgIpc) is 2.58. The molecule has 0 aliphatic heterocycles. The van der Waals surface area contributed by atoms with Crippen molar-refractivity contribution in [1.82, 2.24) is 0 Å². The molecule has 0 aliphatic rings. The topological polar surface area (TPSA) is 76.0 Å². The third-order valence-corrected chi connectivity index (χ3v) is 3.73. The van der Waals surface area contributed by atoms with E-state index in [2.05, 4.69) is 25.7 Å². The van der Waals surface area contributed by atoms with Gasteiger partial charge in [0, 0.05) is 6.21 Å². The molecule has 0 fully saturated rings. The second-order valence-electron chi connectivity index (χ2n) is 4.87. The number of carbonyl (C=O) groups excluding carboxylic acids is 2. The summed E-state index contributed by atoms with van der Waals surface area (Å²) in [6, 6.07) is -0.724. The van der Waals surface area contributed by atoms with Crippen molar-refractivity contribution >= 4 is 33.9 Å². The average molecular weight is 428 g/mol. The predicted molar refractivity (Wildman–Crippen MR) is 83.5 cm³/mol. The summed E-state index contributed by atoms with van der Waals surface area (Å²) in [5.74, 6) is -12.2. The number of esters is 1. The highest BCUT2D eigenvalue weighted by Crippen LogP contribution is 2.29. The Morgan fingerprint density at radius 1 is 1.20 bits per heavy atom. The lowest BCUT2D eigenvalue weighted by atomic mass is 9.97. The molecular weight excluding hydrogens is 414 g/mol. The van der Waals surface area contributed by atoms with E-state index < -0.39 is 63.6 Å². The summed E-state index contributed by atoms with van der Waals surface area (Å²) < 4.78 is 58.6. The Kier molecular flexibility index (Phi) is 7.68. The van der Waals surface area contributed by atoms with E-state index in [0.29, 0.717) is 0 Å². The number of rotatable bonds is 7. The molecule has 0 spiro atoms. The second-order valence-corrected chi connectivity index (χ2v) is 5.66. The molecule has 10 heteroatoms. The molecule has 1 rings (SSSR count). The van der Waals surface area contributed by atoms with Gasteiger partial charge in [-0.2, -0.15) is 0 Å². The Morgan fingerprint density at radius 2 is 1.72 bits per heavy atom. The van der Waals surface area contributed by atoms with Crippen molar-refractivity contribution in [2.24, 2.45) is 10.9 Å². The summed E-state index contributed by atoms with van der Waals surface area (Å²) in [7, 11) is 0. The van der Waals surface area contributed by atoms with E-state index in [0.717, 1.165) is 6.21 Å². The first-order valence-corrected chi connectivity index (χ1v) is 7.82. The van der Waals surface area contributed by atoms with Gasteiger partial charge in [-0.3, -0.25) is 14.6 Å². The molecule has 2 atom stereocenters. The number of hydrogen-bond acceptors (Lipinski definition) is 5. The molecule has 0 aromatic heterocycles. The molecular formula is C15H14BrF4NO4. The highest BCUT2D eigenvalue weighted by atomic mass is 79.9. The van der Waals surface area contributed by atoms with Gasteiger partial charge in [0.05, 0.1) is 29.3 Å². The molecule has 0 amide bonds. The standard InChI is InChI=1S/C15H14BrF4NO4/c1-3-25-15(24)7(4-21-6(2)5-22)14(23)8-10(17)12(19)9(16)13(20)11(8)18/h4,6-7,22H,3,5H2,1-2H3. The van der Waals surface area contributed by atoms with Gasteiger partial charge in [0.1, 0.15) is 0 Å². The van der Waals surface area contributed by atoms with Gasteiger partial charge in [0.2, 0.25) is 0 Å². The Balaban J connectivity index is 3.44. The van der Waals surface area contributed by atoms with Crippen LogP contribution in [-0.4, -0.2) is 42.3 Å². The van der Waals surface area contributed by atoms with E-state index in [4.69, 9.17) is 5.11 Å². The van der Waals surface area contributed by atoms with Crippen LogP contribution in [0.25, 0.3) is 0 Å². The Labute approximate surface area is 148 Å². The zero-order chi connectivity index (χ0) is 19.3. The van der Waals surface area contributed by atoms with E-state index in [1.807, 2.05) is 0 Å². The summed E-state index contributed by atoms with van der Waals surface area (Å²) in [6.07, 6.45) is 0.720. The van der Waals surface area contributed by atoms with E-state index in [-0.39, 0.29) is 6.61 Å². The van der Waals surface area contributed by atoms with Crippen LogP contribution in [0.15, 0.2) is 9.47 Å². The van der Waals surface area contributed by atoms with Crippen LogP contribution in [0.3, 0.4) is 0 Å². The Hall–Kier alpha value is -1.81. The maximum atomic E-state index is 14.0. The van der Waals surface area contributed by atoms with Crippen LogP contribution in [0.5, 0.6) is 0 Å². The quantitative estimate of drug-likeness (QED) is 0.138. The van der Waals surface area contributed by atoms with Gasteiger partial charge in [0.15, 0.2) is 35.0 Å². The van der Waals surface area contributed by atoms with Gasteiger partial charge in [-0.05, 0) is 29.8 Å². The molecule has 0 heterocycles. The summed E-state index contributed by atoms with van der Waals surface area (Å²) in [6.45, 7) is 2.28. The van der Waals surface area contributed by atoms with Gasteiger partial charge in [0.25, 0.3) is 0 Å². The number of ether oxygens (including phenoxy) is 1. The number of hydrogen-bond donors (Lipinski definition) is 1. The van der Waals surface area contributed by atoms with Crippen LogP contribution in [0.4, 0.5) is 17.6 Å². The highest BCUT2D eigenvalue weighted by molar-refractivity contribution is 9.10. The largest absolute Gasteiger partial charge is 0.465 e. The van der Waals surface area contributed by atoms with E-state index in [1.54, 1.807) is 0 Å². The van der Waals surface area contributed by atoms with Crippen molar-refractivity contribution in [3.05, 3.63) is 33.3 Å². The SMILES string of the molecule is CCOC(=O)C(C=NC(C)CO)C(=O)c1c(F)c(F)c(Br)c(F)c1F. The number of nitrogens with zero attached hydrogens (tertiary/aromatic N) is 1. The smallest absolute Gasteiger partial charge is 0.322 e. The molecule has 0 saturated heterocycles. The molecule has 1 aromatic rings. The van der Waals surface area contributed by atoms with Crippen LogP contribution in [0.2, 0.25) is 0 Å². The first-order chi connectivity index (χ1) is 11.7. The number of aliphatic hydroxyl groups is 1. The maximum Gasteiger partial charge on any atom is 0.322 e. The number of carbonyl (C=O) groups is 2. The van der Waals surface area contributed by atoms with E-state index >= 15 is 0 Å². The number of aliphatic imine (C=N–C) groups is 1. The first kappa shape index (κ1) is 21.2. The fourth-order valence-electron chi connectivity index (χ4n) is 1.72. The first-order valence-electron chi connectivity index (χ1n) is 7.03. The van der Waals surface area contributed by atoms with Crippen LogP contribution >= 0.6 is 15.9 Å². The van der Waals surface area contributed by atoms with E-state index in [1.165, 1.54) is 13.8 Å². The highest BCUT2D eigenvalue weighted by Gasteiger charge is 2.35. The van der Waals surface area contributed by atoms with Crippen LogP contribution in [0.1, 0.15) is 24.2 Å². The molecule has 1 N–H and O–H groups in total. The minimum Gasteiger partial charge on any atom is -0.465 e. The van der Waals surface area contributed by atoms with Gasteiger partial charge in [-0.1, -0.05) is 0 Å². The summed E-state index contributed by atoms with van der Waals surface area (Å²) in [5.41, 5.74) is -1.56. The van der Waals surface area contributed by atoms with Crippen molar-refractivity contribution in [2.75, 3.05) is 13.2 Å². The van der Waals surface area contributed by atoms with Gasteiger partial charge < -0.3 is 9.84 Å². The molecule has 0 bridgehead atoms. The fourth-order valence-corrected chi connectivity index (χ4v) is 2.07. The molecule has 2 unspecified atom stereocenters. The van der Waals surface area contributed by atoms with Crippen molar-refractivity contribution in [3.63, 3.8) is 0 Å². The van der Waals surface area contributed by atoms with Crippen LogP contribution < -0.4 is 0 Å². The third-order valence-electron chi connectivity index (χ3n) is 3.03. The van der Waals surface area contributed by atoms with Crippen molar-refractivity contribution in [2.45, 2.75) is 19.9 Å². The monoisotopic (exact) mass is 427 g/mol. The molecule has 0 aliphatic carbocycles. The number of aliphatic hydroxyl groups excluding tert-OH is 1. The number of ketones is 1. The lowest BCUT2D eigenvalue weighted by Crippen LogP contribution is -2.30. The van der Waals surface area contributed by atoms with Gasteiger partial charge in [-0.25, -0.2) is 17.6 Å². The molecule has 0 saturated carbocycles. The third kappa shape index (κ3) is 4.63. The van der Waals surface area contributed by atoms with Gasteiger partial charge >= 0.3 is 5.97 Å². The zero-order valence-corrected chi connectivity index (χ0v) is 14.7. The van der Waals surface area contributed by atoms with Crippen molar-refractivity contribution in [1.29, 1.82) is 0 Å². The van der Waals surface area contributed by atoms with E-state index in [9.17, 15) is 27.2 Å². The minimum atomic E-state index is -1.95. The van der Waals surface area contributed by atoms with Crippen LogP contribution in [-0.2, 0) is 9.53 Å². The fraction of sp³-hybridized carbons (Fsp3) is 0.400. The van der Waals surface area contributed by atoms with Gasteiger partial charge in [-0.15, -0.1) is 0 Å². The summed E-state index contributed by atoms with van der Waals surface area (Å²) >= 11 is 2.33. The summed E-state index contributed by atoms with van der Waals surface area (Å²) in [5, 5.41) is 8.90. The lowest BCUT2D eigenvalue weighted by Gasteiger charge is -2.13. The zero-order valence-electron chi connectivity index (χ0n) is 13.2. The maximum absolute atomic E-state index is 14.0. The number of benzene rings is 1. The molecule has 138 valence electrons. The van der Waals surface area contributed by atoms with Crippen molar-refractivity contribution in [3.8, 4) is 0 Å². The molecule has 5 nitrogen and oxygen atoms in total. The molecule has 25 heavy (non-hydrogen) atoms. The normalized spacial score (nSPS) is 13.8. The second kappa shape index (κ2) is 9.04. The van der Waals surface area contributed by atoms with Crippen LogP contribution in [0, 0.1) is 29.2 Å². The van der Waals surface area contributed by atoms with Crippen molar-refractivity contribution < 1.29 is 37.0 Å². The Bertz CT molecular complexity index is 682. The minimum absolute atomic E-state index is 0.153. The molecule has 0 radical (unpaired) electrons. The summed E-state index contributed by atoms with van der Waals surface area (Å²) in [4.78, 5) is 27.9.